The molecule has 0 amide bonds. The van der Waals surface area contributed by atoms with E-state index in [9.17, 15) is 29.1 Å². The summed E-state index contributed by atoms with van der Waals surface area (Å²) >= 11 is 0. The molecule has 2 aromatic heterocycles. The van der Waals surface area contributed by atoms with E-state index >= 15 is 0 Å². The Kier molecular flexibility index (Phi) is 8.44. The first-order valence-corrected chi connectivity index (χ1v) is 16.8. The van der Waals surface area contributed by atoms with E-state index in [-0.39, 0.29) is 62.0 Å². The van der Waals surface area contributed by atoms with Gasteiger partial charge < -0.3 is 23.9 Å². The van der Waals surface area contributed by atoms with Gasteiger partial charge in [0.15, 0.2) is 23.1 Å². The lowest BCUT2D eigenvalue weighted by Crippen LogP contribution is -2.54. The molecule has 0 bridgehead atoms. The van der Waals surface area contributed by atoms with Gasteiger partial charge in [0.2, 0.25) is 0 Å². The predicted octanol–water partition coefficient (Wildman–Crippen LogP) is 2.08. The molecule has 2 aromatic carbocycles. The molecule has 1 N–H and O–H groups in total. The zero-order chi connectivity index (χ0) is 36.4. The summed E-state index contributed by atoms with van der Waals surface area (Å²) in [7, 11) is 4.61. The van der Waals surface area contributed by atoms with E-state index in [1.165, 1.54) is 34.2 Å². The summed E-state index contributed by atoms with van der Waals surface area (Å²) in [6, 6.07) is 9.81. The third-order valence-electron chi connectivity index (χ3n) is 10.8. The predicted molar refractivity (Wildman–Crippen MR) is 186 cm³/mol. The minimum absolute atomic E-state index is 0.00304. The second kappa shape index (κ2) is 12.7. The Balaban J connectivity index is 1.30. The van der Waals surface area contributed by atoms with Crippen LogP contribution in [0.15, 0.2) is 74.1 Å². The number of carbonyl (C=O) groups is 2. The Morgan fingerprint density at radius 1 is 1.00 bits per heavy atom. The monoisotopic (exact) mass is 697 g/mol. The van der Waals surface area contributed by atoms with Crippen molar-refractivity contribution in [1.29, 1.82) is 0 Å². The standard InChI is InChI=1S/C37H39N5O9/c1-20-16-31(44)37(2)23(33(20)45)17-26-21(32(37)22-8-6-7-9-28(22)51-15-14-43)10-13-41-35(47)40(36(48)42(26)41)12-11-24-34(46)39(3)27-19-30(50-5)29(49-4)18-25(27)38-24/h6-10,16,18-19,23,26,32,43H,11-15,17H2,1-5H3/t23-,26+,32+,37-/m0/s1. The normalized spacial score (nSPS) is 22.5. The van der Waals surface area contributed by atoms with Gasteiger partial charge in [0.25, 0.3) is 5.56 Å². The first-order chi connectivity index (χ1) is 24.5. The Labute approximate surface area is 291 Å². The zero-order valence-electron chi connectivity index (χ0n) is 29.0. The number of carbonyl (C=O) groups excluding carboxylic acids is 2. The summed E-state index contributed by atoms with van der Waals surface area (Å²) in [5, 5.41) is 9.51. The van der Waals surface area contributed by atoms with Gasteiger partial charge in [-0.25, -0.2) is 28.5 Å². The Bertz CT molecular complexity index is 2360. The quantitative estimate of drug-likeness (QED) is 0.256. The maximum atomic E-state index is 14.3. The van der Waals surface area contributed by atoms with Gasteiger partial charge in [-0.3, -0.25) is 14.4 Å². The van der Waals surface area contributed by atoms with Crippen molar-refractivity contribution < 1.29 is 28.9 Å². The second-order valence-electron chi connectivity index (χ2n) is 13.4. The van der Waals surface area contributed by atoms with Gasteiger partial charge in [-0.15, -0.1) is 0 Å². The number of fused-ring (bicyclic) bond motifs is 5. The number of hydrogen-bond donors (Lipinski definition) is 1. The number of benzene rings is 2. The molecule has 4 atom stereocenters. The van der Waals surface area contributed by atoms with Crippen molar-refractivity contribution in [3.63, 3.8) is 0 Å². The summed E-state index contributed by atoms with van der Waals surface area (Å²) in [6.07, 6.45) is 3.41. The molecule has 0 spiro atoms. The number of ether oxygens (including phenoxy) is 3. The van der Waals surface area contributed by atoms with Crippen LogP contribution in [0.5, 0.6) is 17.2 Å². The fourth-order valence-electron chi connectivity index (χ4n) is 8.22. The van der Waals surface area contributed by atoms with Gasteiger partial charge >= 0.3 is 11.4 Å². The summed E-state index contributed by atoms with van der Waals surface area (Å²) in [6.45, 7) is 3.16. The molecule has 14 heteroatoms. The molecular formula is C37H39N5O9. The van der Waals surface area contributed by atoms with Crippen molar-refractivity contribution in [3.8, 4) is 17.2 Å². The van der Waals surface area contributed by atoms with Crippen LogP contribution in [0.25, 0.3) is 11.0 Å². The van der Waals surface area contributed by atoms with Gasteiger partial charge in [-0.1, -0.05) is 31.2 Å². The van der Waals surface area contributed by atoms with Crippen LogP contribution in [0.3, 0.4) is 0 Å². The highest BCUT2D eigenvalue weighted by atomic mass is 16.5. The van der Waals surface area contributed by atoms with Gasteiger partial charge in [-0.05, 0) is 36.6 Å². The molecule has 0 saturated heterocycles. The molecule has 2 aliphatic carbocycles. The molecule has 4 aromatic rings. The number of Topliss-reactive ketones (excluding diaryl/α,β-unsaturated/α-hetero) is 1. The first kappa shape index (κ1) is 34.0. The van der Waals surface area contributed by atoms with Crippen molar-refractivity contribution >= 4 is 22.6 Å². The van der Waals surface area contributed by atoms with Crippen LogP contribution >= 0.6 is 0 Å². The molecule has 266 valence electrons. The van der Waals surface area contributed by atoms with Crippen LogP contribution in [0.2, 0.25) is 0 Å². The average Bonchev–Trinajstić information content (AvgIpc) is 3.38. The Hall–Kier alpha value is -5.50. The van der Waals surface area contributed by atoms with E-state index in [1.807, 2.05) is 18.2 Å². The first-order valence-electron chi connectivity index (χ1n) is 16.8. The zero-order valence-corrected chi connectivity index (χ0v) is 29.0. The van der Waals surface area contributed by atoms with Crippen LogP contribution in [0.1, 0.15) is 43.5 Å². The smallest absolute Gasteiger partial charge is 0.347 e. The minimum Gasteiger partial charge on any atom is -0.493 e. The molecule has 0 radical (unpaired) electrons. The van der Waals surface area contributed by atoms with Crippen molar-refractivity contribution in [1.82, 2.24) is 23.5 Å². The van der Waals surface area contributed by atoms with Crippen molar-refractivity contribution in [2.75, 3.05) is 27.4 Å². The molecule has 1 fully saturated rings. The number of ketones is 2. The van der Waals surface area contributed by atoms with Gasteiger partial charge in [0.1, 0.15) is 18.1 Å². The van der Waals surface area contributed by atoms with Crippen molar-refractivity contribution in [2.45, 2.75) is 51.7 Å². The van der Waals surface area contributed by atoms with E-state index in [4.69, 9.17) is 14.2 Å². The number of rotatable bonds is 9. The fraction of sp³-hybridized carbons (Fsp3) is 0.405. The lowest BCUT2D eigenvalue weighted by molar-refractivity contribution is -0.139. The number of hydrogen-bond acceptors (Lipinski definition) is 10. The number of aliphatic hydroxyl groups is 1. The molecule has 3 heterocycles. The molecule has 1 saturated carbocycles. The fourth-order valence-corrected chi connectivity index (χ4v) is 8.22. The second-order valence-corrected chi connectivity index (χ2v) is 13.4. The number of methoxy groups -OCH3 is 2. The SMILES string of the molecule is COc1cc2nc(CCn3c(=O)n4n(c3=O)[C@@H]3C[C@H]5C(=O)C(C)=CC(=O)[C@@]5(C)[C@@H](c5ccccc5OCCO)C3=CC4)c(=O)n(C)c2cc1OC. The molecule has 7 rings (SSSR count). The van der Waals surface area contributed by atoms with E-state index in [0.717, 1.165) is 10.1 Å². The average molecular weight is 698 g/mol. The third-order valence-corrected chi connectivity index (χ3v) is 10.8. The van der Waals surface area contributed by atoms with Gasteiger partial charge in [0.05, 0.1) is 49.9 Å². The lowest BCUT2D eigenvalue weighted by atomic mass is 9.51. The number of aromatic nitrogens is 5. The van der Waals surface area contributed by atoms with Crippen molar-refractivity contribution in [2.24, 2.45) is 18.4 Å². The van der Waals surface area contributed by atoms with E-state index < -0.39 is 34.7 Å². The number of aryl methyl sites for hydroxylation is 2. The minimum atomic E-state index is -1.19. The number of nitrogens with zero attached hydrogens (tertiary/aromatic N) is 5. The highest BCUT2D eigenvalue weighted by Crippen LogP contribution is 2.60. The van der Waals surface area contributed by atoms with Crippen LogP contribution in [0.4, 0.5) is 0 Å². The topological polar surface area (TPSA) is 166 Å². The Morgan fingerprint density at radius 3 is 2.45 bits per heavy atom. The maximum Gasteiger partial charge on any atom is 0.347 e. The van der Waals surface area contributed by atoms with Crippen molar-refractivity contribution in [3.05, 3.63) is 102 Å². The molecule has 3 aliphatic rings. The Morgan fingerprint density at radius 2 is 1.73 bits per heavy atom. The summed E-state index contributed by atoms with van der Waals surface area (Å²) in [5.41, 5.74) is 0.184. The highest BCUT2D eigenvalue weighted by Gasteiger charge is 2.59. The molecule has 14 nitrogen and oxygen atoms in total. The molecule has 0 unspecified atom stereocenters. The van der Waals surface area contributed by atoms with Gasteiger partial charge in [-0.2, -0.15) is 0 Å². The number of para-hydroxylation sites is 1. The molecular weight excluding hydrogens is 658 g/mol. The van der Waals surface area contributed by atoms with Crippen LogP contribution in [0, 0.1) is 11.3 Å². The summed E-state index contributed by atoms with van der Waals surface area (Å²) < 4.78 is 22.0. The van der Waals surface area contributed by atoms with Crippen LogP contribution in [-0.2, 0) is 36.1 Å². The maximum absolute atomic E-state index is 14.3. The summed E-state index contributed by atoms with van der Waals surface area (Å²) in [5.74, 6) is -0.500. The van der Waals surface area contributed by atoms with Gasteiger partial charge in [0, 0.05) is 49.5 Å². The van der Waals surface area contributed by atoms with E-state index in [0.29, 0.717) is 39.4 Å². The third kappa shape index (κ3) is 5.10. The van der Waals surface area contributed by atoms with E-state index in [2.05, 4.69) is 4.98 Å². The summed E-state index contributed by atoms with van der Waals surface area (Å²) in [4.78, 5) is 73.9. The number of allylic oxidation sites excluding steroid dienone is 4. The lowest BCUT2D eigenvalue weighted by Gasteiger charge is -2.52. The van der Waals surface area contributed by atoms with Crippen LogP contribution in [-0.4, -0.2) is 67.6 Å². The van der Waals surface area contributed by atoms with Crippen LogP contribution < -0.4 is 31.1 Å². The number of aliphatic hydroxyl groups excluding tert-OH is 1. The molecule has 51 heavy (non-hydrogen) atoms. The molecule has 1 aliphatic heterocycles. The van der Waals surface area contributed by atoms with E-state index in [1.54, 1.807) is 45.2 Å². The largest absolute Gasteiger partial charge is 0.493 e. The highest BCUT2D eigenvalue weighted by molar-refractivity contribution is 6.13.